The molecule has 0 unspecified atom stereocenters. The SMILES string of the molecule is C[C@H](NC(=O)Nc1ccc(Cl)cc1)c1ncnn1-c1ncccn1. The number of carbonyl (C=O) groups is 1. The summed E-state index contributed by atoms with van der Waals surface area (Å²) in [5, 5.41) is 10.2. The second-order valence-electron chi connectivity index (χ2n) is 4.91. The minimum Gasteiger partial charge on any atom is -0.328 e. The van der Waals surface area contributed by atoms with Gasteiger partial charge in [0.15, 0.2) is 5.82 Å². The van der Waals surface area contributed by atoms with Gasteiger partial charge in [-0.1, -0.05) is 11.6 Å². The van der Waals surface area contributed by atoms with Gasteiger partial charge in [0, 0.05) is 23.1 Å². The van der Waals surface area contributed by atoms with Crippen molar-refractivity contribution in [3.8, 4) is 5.95 Å². The molecule has 3 aromatic rings. The van der Waals surface area contributed by atoms with E-state index in [0.717, 1.165) is 0 Å². The number of rotatable bonds is 4. The first-order chi connectivity index (χ1) is 11.6. The van der Waals surface area contributed by atoms with E-state index in [-0.39, 0.29) is 6.03 Å². The molecule has 9 heteroatoms. The fourth-order valence-corrected chi connectivity index (χ4v) is 2.19. The first-order valence-electron chi connectivity index (χ1n) is 7.14. The third kappa shape index (κ3) is 3.66. The van der Waals surface area contributed by atoms with Crippen molar-refractivity contribution in [2.45, 2.75) is 13.0 Å². The predicted octanol–water partition coefficient (Wildman–Crippen LogP) is 2.59. The summed E-state index contributed by atoms with van der Waals surface area (Å²) in [7, 11) is 0. The Morgan fingerprint density at radius 3 is 2.58 bits per heavy atom. The predicted molar refractivity (Wildman–Crippen MR) is 89.0 cm³/mol. The molecule has 0 fully saturated rings. The smallest absolute Gasteiger partial charge is 0.319 e. The zero-order valence-electron chi connectivity index (χ0n) is 12.7. The summed E-state index contributed by atoms with van der Waals surface area (Å²) < 4.78 is 1.48. The van der Waals surface area contributed by atoms with Crippen LogP contribution in [0.1, 0.15) is 18.8 Å². The summed E-state index contributed by atoms with van der Waals surface area (Å²) in [5.74, 6) is 0.907. The molecule has 0 bridgehead atoms. The van der Waals surface area contributed by atoms with E-state index in [9.17, 15) is 4.79 Å². The van der Waals surface area contributed by atoms with E-state index < -0.39 is 6.04 Å². The van der Waals surface area contributed by atoms with Crippen molar-refractivity contribution in [3.63, 3.8) is 0 Å². The molecule has 2 amide bonds. The maximum atomic E-state index is 12.1. The van der Waals surface area contributed by atoms with Crippen LogP contribution in [-0.2, 0) is 0 Å². The van der Waals surface area contributed by atoms with E-state index in [1.54, 1.807) is 49.6 Å². The van der Waals surface area contributed by atoms with Crippen molar-refractivity contribution in [2.75, 3.05) is 5.32 Å². The summed E-state index contributed by atoms with van der Waals surface area (Å²) in [5.41, 5.74) is 0.636. The standard InChI is InChI=1S/C15H14ClN7O/c1-10(21-15(24)22-12-5-3-11(16)4-6-12)13-19-9-20-23(13)14-17-7-2-8-18-14/h2-10H,1H3,(H2,21,22,24)/t10-/m0/s1. The van der Waals surface area contributed by atoms with Crippen LogP contribution in [0.4, 0.5) is 10.5 Å². The van der Waals surface area contributed by atoms with Gasteiger partial charge in [-0.3, -0.25) is 0 Å². The lowest BCUT2D eigenvalue weighted by atomic mass is 10.3. The van der Waals surface area contributed by atoms with Gasteiger partial charge >= 0.3 is 6.03 Å². The Morgan fingerprint density at radius 2 is 1.88 bits per heavy atom. The highest BCUT2D eigenvalue weighted by atomic mass is 35.5. The summed E-state index contributed by atoms with van der Waals surface area (Å²) in [6.07, 6.45) is 4.61. The van der Waals surface area contributed by atoms with Gasteiger partial charge in [-0.25, -0.2) is 19.7 Å². The molecule has 8 nitrogen and oxygen atoms in total. The molecular formula is C15H14ClN7O. The number of carbonyl (C=O) groups excluding carboxylic acids is 1. The monoisotopic (exact) mass is 343 g/mol. The number of nitrogens with zero attached hydrogens (tertiary/aromatic N) is 5. The minimum absolute atomic E-state index is 0.367. The van der Waals surface area contributed by atoms with E-state index in [4.69, 9.17) is 11.6 Å². The summed E-state index contributed by atoms with van der Waals surface area (Å²) in [6.45, 7) is 1.80. The van der Waals surface area contributed by atoms with E-state index in [2.05, 4.69) is 30.7 Å². The molecule has 0 radical (unpaired) electrons. The maximum absolute atomic E-state index is 12.1. The molecule has 2 N–H and O–H groups in total. The lowest BCUT2D eigenvalue weighted by Crippen LogP contribution is -2.32. The van der Waals surface area contributed by atoms with E-state index in [1.807, 2.05) is 0 Å². The van der Waals surface area contributed by atoms with Crippen molar-refractivity contribution in [2.24, 2.45) is 0 Å². The Morgan fingerprint density at radius 1 is 1.17 bits per heavy atom. The van der Waals surface area contributed by atoms with E-state index in [0.29, 0.717) is 22.5 Å². The molecule has 122 valence electrons. The summed E-state index contributed by atoms with van der Waals surface area (Å²) in [6, 6.07) is 7.77. The number of hydrogen-bond donors (Lipinski definition) is 2. The Labute approximate surface area is 142 Å². The van der Waals surface area contributed by atoms with Crippen LogP contribution in [0.15, 0.2) is 49.1 Å². The zero-order chi connectivity index (χ0) is 16.9. The molecule has 0 saturated heterocycles. The average molecular weight is 344 g/mol. The number of anilines is 1. The maximum Gasteiger partial charge on any atom is 0.319 e. The molecule has 3 rings (SSSR count). The van der Waals surface area contributed by atoms with Gasteiger partial charge in [-0.05, 0) is 37.3 Å². The number of hydrogen-bond acceptors (Lipinski definition) is 5. The molecular weight excluding hydrogens is 330 g/mol. The molecule has 2 heterocycles. The van der Waals surface area contributed by atoms with Crippen LogP contribution in [0, 0.1) is 0 Å². The van der Waals surface area contributed by atoms with Crippen LogP contribution in [0.2, 0.25) is 5.02 Å². The number of aromatic nitrogens is 5. The van der Waals surface area contributed by atoms with Gasteiger partial charge in [0.25, 0.3) is 5.95 Å². The lowest BCUT2D eigenvalue weighted by molar-refractivity contribution is 0.248. The van der Waals surface area contributed by atoms with Gasteiger partial charge in [0.1, 0.15) is 6.33 Å². The molecule has 0 aliphatic carbocycles. The Hall–Kier alpha value is -3.00. The molecule has 0 spiro atoms. The second-order valence-corrected chi connectivity index (χ2v) is 5.34. The quantitative estimate of drug-likeness (QED) is 0.758. The average Bonchev–Trinajstić information content (AvgIpc) is 3.07. The van der Waals surface area contributed by atoms with Crippen LogP contribution >= 0.6 is 11.6 Å². The largest absolute Gasteiger partial charge is 0.328 e. The van der Waals surface area contributed by atoms with Crippen molar-refractivity contribution < 1.29 is 4.79 Å². The van der Waals surface area contributed by atoms with Crippen molar-refractivity contribution in [1.82, 2.24) is 30.0 Å². The van der Waals surface area contributed by atoms with Gasteiger partial charge in [0.2, 0.25) is 0 Å². The van der Waals surface area contributed by atoms with E-state index >= 15 is 0 Å². The molecule has 2 aromatic heterocycles. The fraction of sp³-hybridized carbons (Fsp3) is 0.133. The number of nitrogens with one attached hydrogen (secondary N) is 2. The molecule has 24 heavy (non-hydrogen) atoms. The Kier molecular flexibility index (Phi) is 4.66. The first kappa shape index (κ1) is 15.9. The van der Waals surface area contributed by atoms with Crippen LogP contribution in [0.3, 0.4) is 0 Å². The van der Waals surface area contributed by atoms with Crippen molar-refractivity contribution >= 4 is 23.3 Å². The minimum atomic E-state index is -0.399. The summed E-state index contributed by atoms with van der Waals surface area (Å²) in [4.78, 5) is 24.5. The zero-order valence-corrected chi connectivity index (χ0v) is 13.5. The van der Waals surface area contributed by atoms with Gasteiger partial charge in [-0.2, -0.15) is 9.78 Å². The molecule has 0 aliphatic heterocycles. The van der Waals surface area contributed by atoms with Crippen LogP contribution in [-0.4, -0.2) is 30.8 Å². The molecule has 0 saturated carbocycles. The Balaban J connectivity index is 1.69. The third-order valence-electron chi connectivity index (χ3n) is 3.15. The molecule has 1 atom stereocenters. The number of halogens is 1. The van der Waals surface area contributed by atoms with E-state index in [1.165, 1.54) is 11.0 Å². The van der Waals surface area contributed by atoms with Gasteiger partial charge < -0.3 is 10.6 Å². The third-order valence-corrected chi connectivity index (χ3v) is 3.40. The van der Waals surface area contributed by atoms with Gasteiger partial charge in [0.05, 0.1) is 6.04 Å². The second kappa shape index (κ2) is 7.05. The highest BCUT2D eigenvalue weighted by molar-refractivity contribution is 6.30. The van der Waals surface area contributed by atoms with Gasteiger partial charge in [-0.15, -0.1) is 0 Å². The Bertz CT molecular complexity index is 819. The molecule has 0 aliphatic rings. The highest BCUT2D eigenvalue weighted by Crippen LogP contribution is 2.15. The fourth-order valence-electron chi connectivity index (χ4n) is 2.06. The summed E-state index contributed by atoms with van der Waals surface area (Å²) >= 11 is 5.82. The normalized spacial score (nSPS) is 11.8. The lowest BCUT2D eigenvalue weighted by Gasteiger charge is -2.14. The van der Waals surface area contributed by atoms with Crippen LogP contribution in [0.5, 0.6) is 0 Å². The van der Waals surface area contributed by atoms with Crippen LogP contribution < -0.4 is 10.6 Å². The highest BCUT2D eigenvalue weighted by Gasteiger charge is 2.17. The number of benzene rings is 1. The topological polar surface area (TPSA) is 97.6 Å². The van der Waals surface area contributed by atoms with Crippen LogP contribution in [0.25, 0.3) is 5.95 Å². The number of urea groups is 1. The van der Waals surface area contributed by atoms with Crippen molar-refractivity contribution in [3.05, 3.63) is 59.9 Å². The van der Waals surface area contributed by atoms with Crippen molar-refractivity contribution in [1.29, 1.82) is 0 Å². The molecule has 1 aromatic carbocycles. The number of amides is 2. The first-order valence-corrected chi connectivity index (χ1v) is 7.51.